The highest BCUT2D eigenvalue weighted by Crippen LogP contribution is 2.32. The van der Waals surface area contributed by atoms with E-state index in [0.29, 0.717) is 12.3 Å². The highest BCUT2D eigenvalue weighted by molar-refractivity contribution is 7.22. The summed E-state index contributed by atoms with van der Waals surface area (Å²) >= 11 is 1.56. The van der Waals surface area contributed by atoms with E-state index in [1.165, 1.54) is 22.3 Å². The molecule has 0 aliphatic heterocycles. The number of aryl methyl sites for hydroxylation is 2. The monoisotopic (exact) mass is 358 g/mol. The Labute approximate surface area is 151 Å². The van der Waals surface area contributed by atoms with Crippen molar-refractivity contribution in [2.75, 3.05) is 32.1 Å². The Morgan fingerprint density at radius 1 is 1.28 bits per heavy atom. The van der Waals surface area contributed by atoms with E-state index in [-0.39, 0.29) is 5.91 Å². The van der Waals surface area contributed by atoms with Crippen LogP contribution in [0.25, 0.3) is 10.2 Å². The number of thiazole rings is 1. The van der Waals surface area contributed by atoms with Crippen LogP contribution in [-0.2, 0) is 0 Å². The molecule has 0 aliphatic carbocycles. The highest BCUT2D eigenvalue weighted by atomic mass is 32.1. The molecule has 0 radical (unpaired) electrons. The zero-order chi connectivity index (χ0) is 18.0. The van der Waals surface area contributed by atoms with Crippen LogP contribution >= 0.6 is 11.3 Å². The molecule has 0 aliphatic rings. The minimum absolute atomic E-state index is 0.132. The summed E-state index contributed by atoms with van der Waals surface area (Å²) < 4.78 is 6.43. The second-order valence-electron chi connectivity index (χ2n) is 6.60. The molecule has 0 spiro atoms. The number of anilines is 1. The van der Waals surface area contributed by atoms with Gasteiger partial charge in [0.15, 0.2) is 10.9 Å². The number of benzene rings is 1. The largest absolute Gasteiger partial charge is 0.459 e. The smallest absolute Gasteiger partial charge is 0.295 e. The molecule has 3 rings (SSSR count). The summed E-state index contributed by atoms with van der Waals surface area (Å²) in [6.45, 7) is 5.78. The highest BCUT2D eigenvalue weighted by Gasteiger charge is 2.23. The number of quaternary nitrogens is 1. The van der Waals surface area contributed by atoms with Gasteiger partial charge in [0.2, 0.25) is 0 Å². The van der Waals surface area contributed by atoms with Gasteiger partial charge in [-0.1, -0.05) is 17.4 Å². The SMILES string of the molecule is Cc1ccc2sc(N(CCC[NH+](C)C)C(=O)c3ccco3)nc2c1C. The van der Waals surface area contributed by atoms with E-state index in [9.17, 15) is 4.79 Å². The summed E-state index contributed by atoms with van der Waals surface area (Å²) in [5.41, 5.74) is 3.36. The van der Waals surface area contributed by atoms with Crippen molar-refractivity contribution in [3.05, 3.63) is 47.4 Å². The molecule has 25 heavy (non-hydrogen) atoms. The number of furan rings is 1. The molecule has 3 aromatic rings. The second-order valence-corrected chi connectivity index (χ2v) is 7.60. The number of hydrogen-bond donors (Lipinski definition) is 1. The van der Waals surface area contributed by atoms with Gasteiger partial charge in [-0.2, -0.15) is 0 Å². The Kier molecular flexibility index (Phi) is 5.20. The first-order valence-corrected chi connectivity index (χ1v) is 9.30. The van der Waals surface area contributed by atoms with Crippen molar-refractivity contribution in [3.8, 4) is 0 Å². The van der Waals surface area contributed by atoms with Crippen molar-refractivity contribution in [2.24, 2.45) is 0 Å². The molecule has 5 nitrogen and oxygen atoms in total. The number of carbonyl (C=O) groups excluding carboxylic acids is 1. The van der Waals surface area contributed by atoms with Gasteiger partial charge in [0.1, 0.15) is 0 Å². The summed E-state index contributed by atoms with van der Waals surface area (Å²) in [6.07, 6.45) is 2.43. The first-order valence-electron chi connectivity index (χ1n) is 8.48. The topological polar surface area (TPSA) is 50.8 Å². The summed E-state index contributed by atoms with van der Waals surface area (Å²) in [4.78, 5) is 20.8. The van der Waals surface area contributed by atoms with Crippen LogP contribution in [0.1, 0.15) is 28.1 Å². The third kappa shape index (κ3) is 3.75. The van der Waals surface area contributed by atoms with Crippen molar-refractivity contribution in [2.45, 2.75) is 20.3 Å². The predicted molar refractivity (Wildman–Crippen MR) is 102 cm³/mol. The average molecular weight is 358 g/mol. The van der Waals surface area contributed by atoms with Crippen LogP contribution < -0.4 is 9.80 Å². The molecule has 1 amide bonds. The first-order chi connectivity index (χ1) is 12.0. The van der Waals surface area contributed by atoms with Gasteiger partial charge in [0, 0.05) is 13.0 Å². The number of aromatic nitrogens is 1. The third-order valence-electron chi connectivity index (χ3n) is 4.34. The van der Waals surface area contributed by atoms with E-state index >= 15 is 0 Å². The van der Waals surface area contributed by atoms with Crippen LogP contribution in [0, 0.1) is 13.8 Å². The lowest BCUT2D eigenvalue weighted by Gasteiger charge is -2.19. The normalized spacial score (nSPS) is 11.4. The van der Waals surface area contributed by atoms with Crippen LogP contribution in [0.5, 0.6) is 0 Å². The minimum atomic E-state index is -0.132. The van der Waals surface area contributed by atoms with Crippen molar-refractivity contribution in [1.82, 2.24) is 4.98 Å². The van der Waals surface area contributed by atoms with Crippen LogP contribution in [-0.4, -0.2) is 38.1 Å². The number of amides is 1. The molecular weight excluding hydrogens is 334 g/mol. The van der Waals surface area contributed by atoms with Gasteiger partial charge in [0.05, 0.1) is 37.1 Å². The molecule has 6 heteroatoms. The fraction of sp³-hybridized carbons (Fsp3) is 0.368. The lowest BCUT2D eigenvalue weighted by atomic mass is 10.1. The Morgan fingerprint density at radius 3 is 2.76 bits per heavy atom. The number of hydrogen-bond acceptors (Lipinski definition) is 4. The van der Waals surface area contributed by atoms with Gasteiger partial charge in [-0.25, -0.2) is 4.98 Å². The Balaban J connectivity index is 1.95. The van der Waals surface area contributed by atoms with Gasteiger partial charge < -0.3 is 9.32 Å². The molecule has 0 unspecified atom stereocenters. The van der Waals surface area contributed by atoms with E-state index in [1.807, 2.05) is 0 Å². The van der Waals surface area contributed by atoms with Crippen LogP contribution in [0.4, 0.5) is 5.13 Å². The maximum atomic E-state index is 12.9. The first kappa shape index (κ1) is 17.6. The van der Waals surface area contributed by atoms with Gasteiger partial charge in [-0.3, -0.25) is 9.69 Å². The number of nitrogens with zero attached hydrogens (tertiary/aromatic N) is 2. The van der Waals surface area contributed by atoms with Crippen molar-refractivity contribution in [1.29, 1.82) is 0 Å². The van der Waals surface area contributed by atoms with Gasteiger partial charge >= 0.3 is 0 Å². The van der Waals surface area contributed by atoms with Crippen LogP contribution in [0.3, 0.4) is 0 Å². The van der Waals surface area contributed by atoms with E-state index in [0.717, 1.165) is 28.3 Å². The van der Waals surface area contributed by atoms with Crippen LogP contribution in [0.2, 0.25) is 0 Å². The van der Waals surface area contributed by atoms with E-state index in [2.05, 4.69) is 40.1 Å². The van der Waals surface area contributed by atoms with E-state index in [4.69, 9.17) is 9.40 Å². The second kappa shape index (κ2) is 7.37. The van der Waals surface area contributed by atoms with Gasteiger partial charge in [0.25, 0.3) is 5.91 Å². The summed E-state index contributed by atoms with van der Waals surface area (Å²) in [5.74, 6) is 0.219. The van der Waals surface area contributed by atoms with Gasteiger partial charge in [-0.05, 0) is 43.2 Å². The lowest BCUT2D eigenvalue weighted by molar-refractivity contribution is -0.858. The Bertz CT molecular complexity index is 868. The maximum Gasteiger partial charge on any atom is 0.295 e. The molecule has 0 atom stereocenters. The molecule has 132 valence electrons. The number of rotatable bonds is 6. The molecule has 2 heterocycles. The van der Waals surface area contributed by atoms with Crippen molar-refractivity contribution in [3.63, 3.8) is 0 Å². The van der Waals surface area contributed by atoms with Crippen LogP contribution in [0.15, 0.2) is 34.9 Å². The summed E-state index contributed by atoms with van der Waals surface area (Å²) in [6, 6.07) is 7.63. The third-order valence-corrected chi connectivity index (χ3v) is 5.38. The average Bonchev–Trinajstić information content (AvgIpc) is 3.24. The molecule has 0 saturated heterocycles. The predicted octanol–water partition coefficient (Wildman–Crippen LogP) is 2.69. The quantitative estimate of drug-likeness (QED) is 0.737. The number of carbonyl (C=O) groups is 1. The van der Waals surface area contributed by atoms with Gasteiger partial charge in [-0.15, -0.1) is 0 Å². The number of fused-ring (bicyclic) bond motifs is 1. The molecule has 1 aromatic carbocycles. The summed E-state index contributed by atoms with van der Waals surface area (Å²) in [7, 11) is 4.23. The maximum absolute atomic E-state index is 12.9. The fourth-order valence-electron chi connectivity index (χ4n) is 2.74. The molecule has 1 N–H and O–H groups in total. The molecule has 0 bridgehead atoms. The molecular formula is C19H24N3O2S+. The zero-order valence-corrected chi connectivity index (χ0v) is 15.9. The number of nitrogens with one attached hydrogen (secondary N) is 1. The molecule has 2 aromatic heterocycles. The minimum Gasteiger partial charge on any atom is -0.459 e. The summed E-state index contributed by atoms with van der Waals surface area (Å²) in [5, 5.41) is 0.735. The van der Waals surface area contributed by atoms with Crippen molar-refractivity contribution >= 4 is 32.6 Å². The standard InChI is InChI=1S/C19H23N3O2S/c1-13-8-9-16-17(14(13)2)20-19(25-16)22(11-6-10-21(3)4)18(23)15-7-5-12-24-15/h5,7-9,12H,6,10-11H2,1-4H3/p+1. The Hall–Kier alpha value is -2.18. The lowest BCUT2D eigenvalue weighted by Crippen LogP contribution is -3.05. The van der Waals surface area contributed by atoms with Crippen molar-refractivity contribution < 1.29 is 14.1 Å². The molecule has 0 saturated carbocycles. The zero-order valence-electron chi connectivity index (χ0n) is 15.1. The molecule has 0 fully saturated rings. The van der Waals surface area contributed by atoms with E-state index < -0.39 is 0 Å². The fourth-order valence-corrected chi connectivity index (χ4v) is 3.79. The van der Waals surface area contributed by atoms with E-state index in [1.54, 1.807) is 28.4 Å². The Morgan fingerprint density at radius 2 is 2.08 bits per heavy atom.